The van der Waals surface area contributed by atoms with E-state index < -0.39 is 0 Å². The van der Waals surface area contributed by atoms with Gasteiger partial charge in [-0.1, -0.05) is 19.1 Å². The Morgan fingerprint density at radius 2 is 2.00 bits per heavy atom. The number of rotatable bonds is 3. The van der Waals surface area contributed by atoms with Gasteiger partial charge in [0.25, 0.3) is 0 Å². The quantitative estimate of drug-likeness (QED) is 0.711. The van der Waals surface area contributed by atoms with Crippen LogP contribution < -0.4 is 5.32 Å². The Morgan fingerprint density at radius 3 is 2.46 bits per heavy atom. The first-order chi connectivity index (χ1) is 6.26. The molecule has 0 spiro atoms. The van der Waals surface area contributed by atoms with E-state index in [9.17, 15) is 4.79 Å². The van der Waals surface area contributed by atoms with Crippen molar-refractivity contribution >= 4 is 24.2 Å². The third kappa shape index (κ3) is 3.11. The van der Waals surface area contributed by atoms with E-state index in [1.807, 2.05) is 24.3 Å². The van der Waals surface area contributed by atoms with Crippen LogP contribution in [0.15, 0.2) is 24.3 Å². The molecule has 0 atom stereocenters. The third-order valence-corrected chi connectivity index (χ3v) is 2.08. The molecule has 0 radical (unpaired) electrons. The molecular weight excluding hydrogens is 182 g/mol. The van der Waals surface area contributed by atoms with Gasteiger partial charge in [0.1, 0.15) is 0 Å². The van der Waals surface area contributed by atoms with Crippen LogP contribution in [-0.2, 0) is 11.2 Å². The summed E-state index contributed by atoms with van der Waals surface area (Å²) in [5, 5.41) is 2.73. The monoisotopic (exact) mass is 195 g/mol. The molecule has 0 aliphatic rings. The maximum absolute atomic E-state index is 10.9. The van der Waals surface area contributed by atoms with Crippen molar-refractivity contribution < 1.29 is 4.79 Å². The maximum Gasteiger partial charge on any atom is 0.234 e. The predicted octanol–water partition coefficient (Wildman–Crippen LogP) is 2.12. The lowest BCUT2D eigenvalue weighted by molar-refractivity contribution is -0.113. The number of hydrogen-bond donors (Lipinski definition) is 2. The molecule has 3 heteroatoms. The molecule has 1 rings (SSSR count). The molecule has 1 aromatic rings. The highest BCUT2D eigenvalue weighted by molar-refractivity contribution is 7.81. The van der Waals surface area contributed by atoms with E-state index in [0.29, 0.717) is 0 Å². The molecule has 0 saturated heterocycles. The average molecular weight is 195 g/mol. The number of carbonyl (C=O) groups is 1. The Labute approximate surface area is 83.8 Å². The third-order valence-electron chi connectivity index (χ3n) is 1.79. The van der Waals surface area contributed by atoms with Crippen molar-refractivity contribution in [3.63, 3.8) is 0 Å². The molecule has 0 saturated carbocycles. The predicted molar refractivity (Wildman–Crippen MR) is 58.3 cm³/mol. The van der Waals surface area contributed by atoms with Gasteiger partial charge in [-0.25, -0.2) is 0 Å². The van der Waals surface area contributed by atoms with E-state index in [-0.39, 0.29) is 11.7 Å². The molecule has 2 nitrogen and oxygen atoms in total. The van der Waals surface area contributed by atoms with Gasteiger partial charge >= 0.3 is 0 Å². The standard InChI is InChI=1S/C10H13NOS/c1-2-8-3-5-9(6-4-8)11-10(12)7-13/h3-6,13H,2,7H2,1H3,(H,11,12). The van der Waals surface area contributed by atoms with Crippen LogP contribution in [0.5, 0.6) is 0 Å². The summed E-state index contributed by atoms with van der Waals surface area (Å²) >= 11 is 3.87. The van der Waals surface area contributed by atoms with Gasteiger partial charge in [0.05, 0.1) is 5.75 Å². The molecule has 0 fully saturated rings. The zero-order valence-corrected chi connectivity index (χ0v) is 8.47. The second kappa shape index (κ2) is 4.92. The van der Waals surface area contributed by atoms with E-state index in [4.69, 9.17) is 0 Å². The fraction of sp³-hybridized carbons (Fsp3) is 0.300. The topological polar surface area (TPSA) is 29.1 Å². The lowest BCUT2D eigenvalue weighted by atomic mass is 10.1. The molecule has 0 aliphatic heterocycles. The van der Waals surface area contributed by atoms with Gasteiger partial charge < -0.3 is 5.32 Å². The molecule has 0 aliphatic carbocycles. The van der Waals surface area contributed by atoms with Gasteiger partial charge in [-0.3, -0.25) is 4.79 Å². The Hall–Kier alpha value is -0.960. The van der Waals surface area contributed by atoms with Gasteiger partial charge in [-0.05, 0) is 24.1 Å². The molecule has 0 aromatic heterocycles. The number of anilines is 1. The molecule has 1 amide bonds. The van der Waals surface area contributed by atoms with Gasteiger partial charge in [0, 0.05) is 5.69 Å². The molecule has 0 unspecified atom stereocenters. The number of aryl methyl sites for hydroxylation is 1. The smallest absolute Gasteiger partial charge is 0.234 e. The first-order valence-corrected chi connectivity index (χ1v) is 4.89. The lowest BCUT2D eigenvalue weighted by Gasteiger charge is -2.03. The van der Waals surface area contributed by atoms with Crippen molar-refractivity contribution in [1.82, 2.24) is 0 Å². The Bertz CT molecular complexity index is 281. The SMILES string of the molecule is CCc1ccc(NC(=O)CS)cc1. The number of nitrogens with one attached hydrogen (secondary N) is 1. The van der Waals surface area contributed by atoms with Crippen LogP contribution in [0, 0.1) is 0 Å². The summed E-state index contributed by atoms with van der Waals surface area (Å²) in [7, 11) is 0. The van der Waals surface area contributed by atoms with E-state index in [1.165, 1.54) is 5.56 Å². The number of thiol groups is 1. The minimum absolute atomic E-state index is 0.0763. The second-order valence-corrected chi connectivity index (χ2v) is 3.07. The summed E-state index contributed by atoms with van der Waals surface area (Å²) in [6.45, 7) is 2.10. The van der Waals surface area contributed by atoms with Crippen LogP contribution in [0.25, 0.3) is 0 Å². The van der Waals surface area contributed by atoms with Crippen LogP contribution >= 0.6 is 12.6 Å². The van der Waals surface area contributed by atoms with Gasteiger partial charge in [-0.2, -0.15) is 12.6 Å². The molecular formula is C10H13NOS. The maximum atomic E-state index is 10.9. The first-order valence-electron chi connectivity index (χ1n) is 4.26. The highest BCUT2D eigenvalue weighted by Gasteiger charge is 1.97. The highest BCUT2D eigenvalue weighted by atomic mass is 32.1. The van der Waals surface area contributed by atoms with Gasteiger partial charge in [0.2, 0.25) is 5.91 Å². The molecule has 0 bridgehead atoms. The number of carbonyl (C=O) groups excluding carboxylic acids is 1. The largest absolute Gasteiger partial charge is 0.325 e. The summed E-state index contributed by atoms with van der Waals surface area (Å²) in [5.41, 5.74) is 2.10. The summed E-state index contributed by atoms with van der Waals surface area (Å²) in [6.07, 6.45) is 1.01. The Kier molecular flexibility index (Phi) is 3.83. The fourth-order valence-electron chi connectivity index (χ4n) is 1.02. The van der Waals surface area contributed by atoms with Crippen molar-refractivity contribution in [3.05, 3.63) is 29.8 Å². The zero-order chi connectivity index (χ0) is 9.68. The molecule has 1 N–H and O–H groups in total. The van der Waals surface area contributed by atoms with Gasteiger partial charge in [0.15, 0.2) is 0 Å². The van der Waals surface area contributed by atoms with E-state index >= 15 is 0 Å². The first kappa shape index (κ1) is 10.1. The second-order valence-electron chi connectivity index (χ2n) is 2.76. The number of benzene rings is 1. The highest BCUT2D eigenvalue weighted by Crippen LogP contribution is 2.09. The van der Waals surface area contributed by atoms with E-state index in [0.717, 1.165) is 12.1 Å². The average Bonchev–Trinajstić information content (AvgIpc) is 2.19. The van der Waals surface area contributed by atoms with E-state index in [2.05, 4.69) is 24.9 Å². The zero-order valence-electron chi connectivity index (χ0n) is 7.58. The van der Waals surface area contributed by atoms with Crippen molar-refractivity contribution in [3.8, 4) is 0 Å². The Balaban J connectivity index is 2.64. The number of amides is 1. The van der Waals surface area contributed by atoms with Crippen molar-refractivity contribution in [2.24, 2.45) is 0 Å². The lowest BCUT2D eigenvalue weighted by Crippen LogP contribution is -2.12. The van der Waals surface area contributed by atoms with Crippen molar-refractivity contribution in [2.45, 2.75) is 13.3 Å². The minimum Gasteiger partial charge on any atom is -0.325 e. The number of hydrogen-bond acceptors (Lipinski definition) is 2. The summed E-state index contributed by atoms with van der Waals surface area (Å²) < 4.78 is 0. The van der Waals surface area contributed by atoms with Crippen LogP contribution in [0.3, 0.4) is 0 Å². The summed E-state index contributed by atoms with van der Waals surface area (Å²) in [5.74, 6) is 0.141. The van der Waals surface area contributed by atoms with Crippen LogP contribution in [0.4, 0.5) is 5.69 Å². The minimum atomic E-state index is -0.0763. The van der Waals surface area contributed by atoms with Gasteiger partial charge in [-0.15, -0.1) is 0 Å². The van der Waals surface area contributed by atoms with Crippen LogP contribution in [0.1, 0.15) is 12.5 Å². The van der Waals surface area contributed by atoms with Crippen LogP contribution in [0.2, 0.25) is 0 Å². The van der Waals surface area contributed by atoms with Crippen molar-refractivity contribution in [2.75, 3.05) is 11.1 Å². The molecule has 1 aromatic carbocycles. The molecule has 0 heterocycles. The molecule has 13 heavy (non-hydrogen) atoms. The van der Waals surface area contributed by atoms with Crippen LogP contribution in [-0.4, -0.2) is 11.7 Å². The molecule has 70 valence electrons. The summed E-state index contributed by atoms with van der Waals surface area (Å²) in [6, 6.07) is 7.82. The van der Waals surface area contributed by atoms with Crippen molar-refractivity contribution in [1.29, 1.82) is 0 Å². The fourth-order valence-corrected chi connectivity index (χ4v) is 1.10. The summed E-state index contributed by atoms with van der Waals surface area (Å²) in [4.78, 5) is 10.9. The Morgan fingerprint density at radius 1 is 1.38 bits per heavy atom. The van der Waals surface area contributed by atoms with E-state index in [1.54, 1.807) is 0 Å². The normalized spacial score (nSPS) is 9.69.